The van der Waals surface area contributed by atoms with Crippen molar-refractivity contribution >= 4 is 28.9 Å². The Bertz CT molecular complexity index is 636. The van der Waals surface area contributed by atoms with E-state index in [9.17, 15) is 17.6 Å². The van der Waals surface area contributed by atoms with Crippen molar-refractivity contribution in [2.24, 2.45) is 0 Å². The van der Waals surface area contributed by atoms with Crippen LogP contribution in [-0.4, -0.2) is 0 Å². The number of hydrogen-bond donors (Lipinski definition) is 1. The van der Waals surface area contributed by atoms with Crippen LogP contribution in [0.1, 0.15) is 11.1 Å². The van der Waals surface area contributed by atoms with Gasteiger partial charge in [-0.25, -0.2) is 4.39 Å². The van der Waals surface area contributed by atoms with Crippen LogP contribution >= 0.6 is 23.2 Å². The standard InChI is InChI=1S/C14H9Cl2F4N/c15-9-4-10(16)6-11(5-9)21-7-8-1-2-13(17)12(3-8)14(18,19)20/h1-6,21H,7H2. The number of anilines is 1. The third-order valence-electron chi connectivity index (χ3n) is 2.70. The summed E-state index contributed by atoms with van der Waals surface area (Å²) in [5.41, 5.74) is -0.434. The van der Waals surface area contributed by atoms with E-state index in [4.69, 9.17) is 23.2 Å². The molecule has 0 aliphatic rings. The number of benzene rings is 2. The van der Waals surface area contributed by atoms with Crippen LogP contribution in [0.3, 0.4) is 0 Å². The molecule has 7 heteroatoms. The molecular weight excluding hydrogens is 329 g/mol. The quantitative estimate of drug-likeness (QED) is 0.701. The average Bonchev–Trinajstić information content (AvgIpc) is 2.35. The van der Waals surface area contributed by atoms with Gasteiger partial charge in [0.05, 0.1) is 5.56 Å². The summed E-state index contributed by atoms with van der Waals surface area (Å²) in [6.45, 7) is 0.0834. The molecule has 2 aromatic carbocycles. The van der Waals surface area contributed by atoms with Crippen molar-refractivity contribution in [3.05, 3.63) is 63.4 Å². The molecule has 0 heterocycles. The van der Waals surface area contributed by atoms with Crippen LogP contribution < -0.4 is 5.32 Å². The largest absolute Gasteiger partial charge is 0.419 e. The zero-order valence-corrected chi connectivity index (χ0v) is 12.0. The molecule has 0 aliphatic carbocycles. The second kappa shape index (κ2) is 6.12. The SMILES string of the molecule is Fc1ccc(CNc2cc(Cl)cc(Cl)c2)cc1C(F)(F)F. The van der Waals surface area contributed by atoms with Crippen LogP contribution in [0, 0.1) is 5.82 Å². The predicted molar refractivity (Wildman–Crippen MR) is 75.2 cm³/mol. The van der Waals surface area contributed by atoms with Crippen molar-refractivity contribution in [1.29, 1.82) is 0 Å². The first-order valence-corrected chi connectivity index (χ1v) is 6.57. The second-order valence-corrected chi connectivity index (χ2v) is 5.20. The molecule has 2 rings (SSSR count). The summed E-state index contributed by atoms with van der Waals surface area (Å²) in [5, 5.41) is 3.69. The first-order chi connectivity index (χ1) is 9.75. The molecular formula is C14H9Cl2F4N. The molecule has 0 radical (unpaired) electrons. The van der Waals surface area contributed by atoms with Gasteiger partial charge in [-0.15, -0.1) is 0 Å². The van der Waals surface area contributed by atoms with Crippen molar-refractivity contribution < 1.29 is 17.6 Å². The fourth-order valence-corrected chi connectivity index (χ4v) is 2.29. The Morgan fingerprint density at radius 1 is 0.952 bits per heavy atom. The summed E-state index contributed by atoms with van der Waals surface area (Å²) in [6, 6.07) is 7.56. The smallest absolute Gasteiger partial charge is 0.381 e. The van der Waals surface area contributed by atoms with Crippen LogP contribution in [0.15, 0.2) is 36.4 Å². The molecule has 0 unspecified atom stereocenters. The Labute approximate surface area is 128 Å². The van der Waals surface area contributed by atoms with Crippen LogP contribution in [0.2, 0.25) is 10.0 Å². The normalized spacial score (nSPS) is 11.5. The fraction of sp³-hybridized carbons (Fsp3) is 0.143. The fourth-order valence-electron chi connectivity index (χ4n) is 1.76. The van der Waals surface area contributed by atoms with E-state index < -0.39 is 17.6 Å². The molecule has 2 aromatic rings. The summed E-state index contributed by atoms with van der Waals surface area (Å²) >= 11 is 11.6. The van der Waals surface area contributed by atoms with Gasteiger partial charge in [-0.2, -0.15) is 13.2 Å². The van der Waals surface area contributed by atoms with Crippen molar-refractivity contribution in [3.63, 3.8) is 0 Å². The van der Waals surface area contributed by atoms with Crippen molar-refractivity contribution in [2.45, 2.75) is 12.7 Å². The minimum absolute atomic E-state index is 0.0834. The lowest BCUT2D eigenvalue weighted by Gasteiger charge is -2.11. The van der Waals surface area contributed by atoms with Crippen LogP contribution in [0.5, 0.6) is 0 Å². The zero-order valence-electron chi connectivity index (χ0n) is 10.4. The third-order valence-corrected chi connectivity index (χ3v) is 3.13. The topological polar surface area (TPSA) is 12.0 Å². The van der Waals surface area contributed by atoms with Crippen molar-refractivity contribution in [3.8, 4) is 0 Å². The first-order valence-electron chi connectivity index (χ1n) is 5.81. The van der Waals surface area contributed by atoms with Crippen LogP contribution in [-0.2, 0) is 12.7 Å². The van der Waals surface area contributed by atoms with Gasteiger partial charge in [0.15, 0.2) is 0 Å². The summed E-state index contributed by atoms with van der Waals surface area (Å²) < 4.78 is 51.0. The Balaban J connectivity index is 2.17. The molecule has 0 spiro atoms. The average molecular weight is 338 g/mol. The van der Waals surface area contributed by atoms with Gasteiger partial charge in [0.2, 0.25) is 0 Å². The molecule has 0 bridgehead atoms. The minimum Gasteiger partial charge on any atom is -0.381 e. The van der Waals surface area contributed by atoms with Gasteiger partial charge >= 0.3 is 6.18 Å². The van der Waals surface area contributed by atoms with E-state index >= 15 is 0 Å². The highest BCUT2D eigenvalue weighted by Gasteiger charge is 2.34. The number of rotatable bonds is 3. The first kappa shape index (κ1) is 15.9. The molecule has 0 fully saturated rings. The Hall–Kier alpha value is -1.46. The molecule has 0 aromatic heterocycles. The van der Waals surface area contributed by atoms with Gasteiger partial charge in [-0.1, -0.05) is 29.3 Å². The highest BCUT2D eigenvalue weighted by atomic mass is 35.5. The monoisotopic (exact) mass is 337 g/mol. The van der Waals surface area contributed by atoms with Gasteiger partial charge in [-0.3, -0.25) is 0 Å². The van der Waals surface area contributed by atoms with E-state index in [1.54, 1.807) is 12.1 Å². The summed E-state index contributed by atoms with van der Waals surface area (Å²) in [7, 11) is 0. The Morgan fingerprint density at radius 2 is 1.57 bits per heavy atom. The van der Waals surface area contributed by atoms with Gasteiger partial charge in [0, 0.05) is 22.3 Å². The number of nitrogens with one attached hydrogen (secondary N) is 1. The van der Waals surface area contributed by atoms with Crippen molar-refractivity contribution in [1.82, 2.24) is 0 Å². The van der Waals surface area contributed by atoms with E-state index in [0.29, 0.717) is 21.3 Å². The Kier molecular flexibility index (Phi) is 4.64. The Morgan fingerprint density at radius 3 is 2.14 bits per heavy atom. The molecule has 112 valence electrons. The van der Waals surface area contributed by atoms with Crippen LogP contribution in [0.4, 0.5) is 23.2 Å². The number of halogens is 6. The maximum atomic E-state index is 13.2. The van der Waals surface area contributed by atoms with Gasteiger partial charge in [-0.05, 0) is 35.9 Å². The lowest BCUT2D eigenvalue weighted by molar-refractivity contribution is -0.140. The summed E-state index contributed by atoms with van der Waals surface area (Å²) in [5.74, 6) is -1.29. The van der Waals surface area contributed by atoms with E-state index in [1.807, 2.05) is 0 Å². The molecule has 0 amide bonds. The van der Waals surface area contributed by atoms with Crippen molar-refractivity contribution in [2.75, 3.05) is 5.32 Å². The predicted octanol–water partition coefficient (Wildman–Crippen LogP) is 5.76. The van der Waals surface area contributed by atoms with Crippen LogP contribution in [0.25, 0.3) is 0 Å². The molecule has 0 saturated heterocycles. The van der Waals surface area contributed by atoms with E-state index in [-0.39, 0.29) is 6.54 Å². The maximum absolute atomic E-state index is 13.2. The molecule has 1 N–H and O–H groups in total. The highest BCUT2D eigenvalue weighted by molar-refractivity contribution is 6.35. The highest BCUT2D eigenvalue weighted by Crippen LogP contribution is 2.32. The lowest BCUT2D eigenvalue weighted by atomic mass is 10.1. The second-order valence-electron chi connectivity index (χ2n) is 4.32. The summed E-state index contributed by atoms with van der Waals surface area (Å²) in [6.07, 6.45) is -4.72. The number of alkyl halides is 3. The minimum atomic E-state index is -4.72. The van der Waals surface area contributed by atoms with Gasteiger partial charge < -0.3 is 5.32 Å². The molecule has 1 nitrogen and oxygen atoms in total. The lowest BCUT2D eigenvalue weighted by Crippen LogP contribution is -2.10. The van der Waals surface area contributed by atoms with E-state index in [1.165, 1.54) is 12.1 Å². The van der Waals surface area contributed by atoms with E-state index in [2.05, 4.69) is 5.32 Å². The maximum Gasteiger partial charge on any atom is 0.419 e. The molecule has 0 aliphatic heterocycles. The molecule has 0 atom stereocenters. The molecule has 0 saturated carbocycles. The van der Waals surface area contributed by atoms with E-state index in [0.717, 1.165) is 12.1 Å². The van der Waals surface area contributed by atoms with Gasteiger partial charge in [0.1, 0.15) is 5.82 Å². The summed E-state index contributed by atoms with van der Waals surface area (Å²) in [4.78, 5) is 0. The van der Waals surface area contributed by atoms with Gasteiger partial charge in [0.25, 0.3) is 0 Å². The zero-order chi connectivity index (χ0) is 15.6. The third kappa shape index (κ3) is 4.25. The molecule has 21 heavy (non-hydrogen) atoms. The number of hydrogen-bond acceptors (Lipinski definition) is 1.